The minimum atomic E-state index is -0.978. The minimum Gasteiger partial charge on any atom is -0.506 e. The number of non-ortho nitro benzene ring substituents is 1. The van der Waals surface area contributed by atoms with Crippen LogP contribution >= 0.6 is 0 Å². The van der Waals surface area contributed by atoms with Gasteiger partial charge in [-0.2, -0.15) is 5.26 Å². The zero-order valence-electron chi connectivity index (χ0n) is 9.28. The molecule has 0 spiro atoms. The Labute approximate surface area is 102 Å². The van der Waals surface area contributed by atoms with Crippen molar-refractivity contribution in [3.63, 3.8) is 0 Å². The fraction of sp³-hybridized carbons (Fsp3) is 0.0909. The first-order chi connectivity index (χ1) is 8.51. The molecule has 1 N–H and O–H groups in total. The third-order valence-electron chi connectivity index (χ3n) is 2.09. The van der Waals surface area contributed by atoms with Gasteiger partial charge in [0, 0.05) is 17.7 Å². The second-order valence-electron chi connectivity index (χ2n) is 3.13. The van der Waals surface area contributed by atoms with Crippen LogP contribution in [0.1, 0.15) is 5.56 Å². The molecule has 0 atom stereocenters. The van der Waals surface area contributed by atoms with Gasteiger partial charge in [0.2, 0.25) is 0 Å². The van der Waals surface area contributed by atoms with Gasteiger partial charge in [-0.3, -0.25) is 10.1 Å². The highest BCUT2D eigenvalue weighted by Crippen LogP contribution is 2.20. The van der Waals surface area contributed by atoms with Crippen molar-refractivity contribution < 1.29 is 19.6 Å². The molecule has 1 rings (SSSR count). The van der Waals surface area contributed by atoms with Gasteiger partial charge in [0.05, 0.1) is 12.0 Å². The van der Waals surface area contributed by atoms with E-state index in [9.17, 15) is 20.0 Å². The Morgan fingerprint density at radius 1 is 1.44 bits per heavy atom. The van der Waals surface area contributed by atoms with Crippen molar-refractivity contribution in [2.45, 2.75) is 0 Å². The number of nitrogens with zero attached hydrogens (tertiary/aromatic N) is 2. The van der Waals surface area contributed by atoms with Crippen LogP contribution in [-0.4, -0.2) is 23.1 Å². The van der Waals surface area contributed by atoms with E-state index in [0.29, 0.717) is 0 Å². The number of aliphatic hydroxyl groups is 1. The van der Waals surface area contributed by atoms with E-state index in [0.717, 1.165) is 19.2 Å². The molecular weight excluding hydrogens is 240 g/mol. The van der Waals surface area contributed by atoms with Crippen LogP contribution in [0, 0.1) is 21.4 Å². The molecule has 0 aliphatic heterocycles. The maximum absolute atomic E-state index is 11.2. The fourth-order valence-electron chi connectivity index (χ4n) is 1.18. The predicted molar refractivity (Wildman–Crippen MR) is 60.3 cm³/mol. The number of hydrogen-bond acceptors (Lipinski definition) is 6. The Bertz CT molecular complexity index is 554. The summed E-state index contributed by atoms with van der Waals surface area (Å²) in [5.74, 6) is -1.56. The van der Waals surface area contributed by atoms with Gasteiger partial charge >= 0.3 is 5.97 Å². The molecule has 0 aromatic heterocycles. The smallest absolute Gasteiger partial charge is 0.352 e. The van der Waals surface area contributed by atoms with E-state index in [1.807, 2.05) is 0 Å². The normalized spacial score (nSPS) is 11.1. The molecule has 7 nitrogen and oxygen atoms in total. The summed E-state index contributed by atoms with van der Waals surface area (Å²) in [7, 11) is 1.07. The quantitative estimate of drug-likeness (QED) is 0.217. The summed E-state index contributed by atoms with van der Waals surface area (Å²) in [5.41, 5.74) is -0.614. The summed E-state index contributed by atoms with van der Waals surface area (Å²) < 4.78 is 4.32. The molecule has 0 radical (unpaired) electrons. The Morgan fingerprint density at radius 2 is 2.00 bits per heavy atom. The van der Waals surface area contributed by atoms with E-state index >= 15 is 0 Å². The van der Waals surface area contributed by atoms with Gasteiger partial charge in [-0.1, -0.05) is 0 Å². The van der Waals surface area contributed by atoms with Crippen molar-refractivity contribution in [1.82, 2.24) is 0 Å². The van der Waals surface area contributed by atoms with Crippen LogP contribution in [0.3, 0.4) is 0 Å². The average Bonchev–Trinajstić information content (AvgIpc) is 2.39. The van der Waals surface area contributed by atoms with Gasteiger partial charge in [-0.05, 0) is 12.1 Å². The third kappa shape index (κ3) is 2.62. The van der Waals surface area contributed by atoms with Gasteiger partial charge < -0.3 is 9.84 Å². The lowest BCUT2D eigenvalue weighted by Gasteiger charge is -2.02. The maximum Gasteiger partial charge on any atom is 0.352 e. The first-order valence-electron chi connectivity index (χ1n) is 4.67. The highest BCUT2D eigenvalue weighted by molar-refractivity contribution is 5.99. The molecule has 0 aliphatic rings. The molecular formula is C11H8N2O5. The summed E-state index contributed by atoms with van der Waals surface area (Å²) in [6.45, 7) is 0. The van der Waals surface area contributed by atoms with Crippen LogP contribution in [0.5, 0.6) is 0 Å². The lowest BCUT2D eigenvalue weighted by atomic mass is 10.1. The molecule has 0 fully saturated rings. The van der Waals surface area contributed by atoms with Crippen LogP contribution in [0.2, 0.25) is 0 Å². The first kappa shape index (κ1) is 13.2. The van der Waals surface area contributed by atoms with E-state index in [2.05, 4.69) is 4.74 Å². The van der Waals surface area contributed by atoms with Gasteiger partial charge in [0.25, 0.3) is 5.69 Å². The Kier molecular flexibility index (Phi) is 3.99. The van der Waals surface area contributed by atoms with Crippen LogP contribution in [0.25, 0.3) is 5.76 Å². The Balaban J connectivity index is 3.21. The number of aliphatic hydroxyl groups excluding tert-OH is 1. The molecule has 0 heterocycles. The van der Waals surface area contributed by atoms with Crippen LogP contribution in [-0.2, 0) is 9.53 Å². The molecule has 0 saturated heterocycles. The van der Waals surface area contributed by atoms with Crippen LogP contribution in [0.15, 0.2) is 29.8 Å². The number of nitro groups is 1. The van der Waals surface area contributed by atoms with Crippen LogP contribution in [0.4, 0.5) is 5.69 Å². The number of esters is 1. The second kappa shape index (κ2) is 5.45. The number of rotatable bonds is 3. The fourth-order valence-corrected chi connectivity index (χ4v) is 1.18. The topological polar surface area (TPSA) is 113 Å². The summed E-state index contributed by atoms with van der Waals surface area (Å²) in [5, 5.41) is 28.9. The standard InChI is InChI=1S/C11H8N2O5/c1-18-11(15)9(6-12)10(14)7-2-4-8(5-3-7)13(16)17/h2-5,14H,1H3/b10-9-. The third-order valence-corrected chi connectivity index (χ3v) is 2.09. The number of benzene rings is 1. The second-order valence-corrected chi connectivity index (χ2v) is 3.13. The molecule has 7 heteroatoms. The number of nitro benzene ring substituents is 1. The number of nitriles is 1. The number of hydrogen-bond donors (Lipinski definition) is 1. The molecule has 0 saturated carbocycles. The molecule has 0 amide bonds. The summed E-state index contributed by atoms with van der Waals surface area (Å²) in [6, 6.07) is 6.27. The summed E-state index contributed by atoms with van der Waals surface area (Å²) in [6.07, 6.45) is 0. The zero-order valence-corrected chi connectivity index (χ0v) is 9.28. The highest BCUT2D eigenvalue weighted by Gasteiger charge is 2.17. The SMILES string of the molecule is COC(=O)/C(C#N)=C(\O)c1ccc([N+](=O)[O-])cc1. The molecule has 92 valence electrons. The van der Waals surface area contributed by atoms with Crippen molar-refractivity contribution in [3.8, 4) is 6.07 Å². The molecule has 0 bridgehead atoms. The Morgan fingerprint density at radius 3 is 2.39 bits per heavy atom. The number of methoxy groups -OCH3 is 1. The largest absolute Gasteiger partial charge is 0.506 e. The van der Waals surface area contributed by atoms with E-state index < -0.39 is 22.2 Å². The lowest BCUT2D eigenvalue weighted by molar-refractivity contribution is -0.384. The van der Waals surface area contributed by atoms with Crippen molar-refractivity contribution in [2.24, 2.45) is 0 Å². The monoisotopic (exact) mass is 248 g/mol. The maximum atomic E-state index is 11.2. The van der Waals surface area contributed by atoms with E-state index in [1.165, 1.54) is 18.2 Å². The molecule has 18 heavy (non-hydrogen) atoms. The molecule has 1 aromatic carbocycles. The van der Waals surface area contributed by atoms with Gasteiger partial charge in [0.15, 0.2) is 5.57 Å². The average molecular weight is 248 g/mol. The zero-order chi connectivity index (χ0) is 13.7. The number of ether oxygens (including phenoxy) is 1. The van der Waals surface area contributed by atoms with Crippen molar-refractivity contribution in [2.75, 3.05) is 7.11 Å². The van der Waals surface area contributed by atoms with Crippen molar-refractivity contribution in [3.05, 3.63) is 45.5 Å². The number of carbonyl (C=O) groups excluding carboxylic acids is 1. The summed E-state index contributed by atoms with van der Waals surface area (Å²) in [4.78, 5) is 21.0. The van der Waals surface area contributed by atoms with E-state index in [1.54, 1.807) is 0 Å². The number of carbonyl (C=O) groups is 1. The predicted octanol–water partition coefficient (Wildman–Crippen LogP) is 1.56. The van der Waals surface area contributed by atoms with Crippen LogP contribution < -0.4 is 0 Å². The minimum absolute atomic E-state index is 0.113. The molecule has 1 aromatic rings. The van der Waals surface area contributed by atoms with E-state index in [4.69, 9.17) is 5.26 Å². The van der Waals surface area contributed by atoms with Gasteiger partial charge in [0.1, 0.15) is 11.8 Å². The molecule has 0 unspecified atom stereocenters. The van der Waals surface area contributed by atoms with E-state index in [-0.39, 0.29) is 11.3 Å². The first-order valence-corrected chi connectivity index (χ1v) is 4.67. The van der Waals surface area contributed by atoms with Gasteiger partial charge in [-0.25, -0.2) is 4.79 Å². The lowest BCUT2D eigenvalue weighted by Crippen LogP contribution is -2.06. The summed E-state index contributed by atoms with van der Waals surface area (Å²) >= 11 is 0. The van der Waals surface area contributed by atoms with Crippen molar-refractivity contribution >= 4 is 17.4 Å². The van der Waals surface area contributed by atoms with Crippen molar-refractivity contribution in [1.29, 1.82) is 5.26 Å². The molecule has 0 aliphatic carbocycles. The Hall–Kier alpha value is -2.88. The van der Waals surface area contributed by atoms with Gasteiger partial charge in [-0.15, -0.1) is 0 Å². The highest BCUT2D eigenvalue weighted by atomic mass is 16.6.